The van der Waals surface area contributed by atoms with Crippen LogP contribution in [0.25, 0.3) is 0 Å². The normalized spacial score (nSPS) is 17.8. The lowest BCUT2D eigenvalue weighted by molar-refractivity contribution is 0.468. The molecule has 2 aliphatic rings. The van der Waals surface area contributed by atoms with Gasteiger partial charge in [-0.25, -0.2) is 0 Å². The molecule has 0 unspecified atom stereocenters. The van der Waals surface area contributed by atoms with Gasteiger partial charge in [0.05, 0.1) is 0 Å². The van der Waals surface area contributed by atoms with E-state index in [-0.39, 0.29) is 0 Å². The summed E-state index contributed by atoms with van der Waals surface area (Å²) >= 11 is 0. The van der Waals surface area contributed by atoms with Gasteiger partial charge in [0.1, 0.15) is 0 Å². The lowest BCUT2D eigenvalue weighted by Crippen LogP contribution is -2.10. The predicted molar refractivity (Wildman–Crippen MR) is 76.0 cm³/mol. The Hall–Kier alpha value is -1.02. The van der Waals surface area contributed by atoms with Crippen LogP contribution in [0.4, 0.5) is 0 Å². The van der Waals surface area contributed by atoms with Crippen LogP contribution < -0.4 is 5.32 Å². The number of nitrogens with one attached hydrogen (secondary N) is 1. The van der Waals surface area contributed by atoms with Gasteiger partial charge < -0.3 is 10.2 Å². The van der Waals surface area contributed by atoms with Crippen LogP contribution >= 0.6 is 0 Å². The molecule has 0 saturated carbocycles. The van der Waals surface area contributed by atoms with Gasteiger partial charge in [-0.1, -0.05) is 31.6 Å². The van der Waals surface area contributed by atoms with E-state index < -0.39 is 0 Å². The standard InChI is InChI=1S/C10H13N.C5H13N/c1-2-8-11(7-1)9-6-10-4-3-5-10;1-3-4-5-6-2/h3-6,9H,1-2,7-8H2;6H,3-5H2,1-2H3/b9-6+;. The second-order valence-electron chi connectivity index (χ2n) is 4.54. The molecule has 0 spiro atoms. The van der Waals surface area contributed by atoms with Crippen molar-refractivity contribution in [3.05, 3.63) is 36.1 Å². The minimum absolute atomic E-state index is 1.16. The van der Waals surface area contributed by atoms with Crippen molar-refractivity contribution >= 4 is 0 Å². The third-order valence-electron chi connectivity index (χ3n) is 2.98. The minimum Gasteiger partial charge on any atom is -0.377 e. The van der Waals surface area contributed by atoms with Crippen molar-refractivity contribution in [2.45, 2.75) is 32.6 Å². The molecular weight excluding hydrogens is 208 g/mol. The van der Waals surface area contributed by atoms with Crippen LogP contribution in [0.3, 0.4) is 0 Å². The first-order valence-corrected chi connectivity index (χ1v) is 6.82. The number of hydrogen-bond donors (Lipinski definition) is 1. The first-order chi connectivity index (χ1) is 8.36. The molecule has 1 saturated heterocycles. The van der Waals surface area contributed by atoms with Crippen LogP contribution in [0, 0.1) is 0 Å². The van der Waals surface area contributed by atoms with E-state index in [4.69, 9.17) is 0 Å². The van der Waals surface area contributed by atoms with E-state index in [9.17, 15) is 0 Å². The fourth-order valence-corrected chi connectivity index (χ4v) is 1.75. The Morgan fingerprint density at radius 3 is 2.47 bits per heavy atom. The summed E-state index contributed by atoms with van der Waals surface area (Å²) in [5, 5.41) is 3.07. The number of rotatable bonds is 5. The van der Waals surface area contributed by atoms with Crippen molar-refractivity contribution < 1.29 is 0 Å². The molecule has 96 valence electrons. The van der Waals surface area contributed by atoms with Gasteiger partial charge in [0.25, 0.3) is 0 Å². The zero-order chi connectivity index (χ0) is 12.3. The van der Waals surface area contributed by atoms with Gasteiger partial charge in [0, 0.05) is 13.1 Å². The Kier molecular flexibility index (Phi) is 7.48. The predicted octanol–water partition coefficient (Wildman–Crippen LogP) is 3.10. The fourth-order valence-electron chi connectivity index (χ4n) is 1.75. The summed E-state index contributed by atoms with van der Waals surface area (Å²) < 4.78 is 0. The summed E-state index contributed by atoms with van der Waals surface area (Å²) in [6, 6.07) is 0. The first kappa shape index (κ1) is 14.0. The largest absolute Gasteiger partial charge is 0.377 e. The molecule has 2 heteroatoms. The van der Waals surface area contributed by atoms with Crippen LogP contribution in [0.15, 0.2) is 36.1 Å². The summed E-state index contributed by atoms with van der Waals surface area (Å²) in [5.74, 6) is 0. The Morgan fingerprint density at radius 1 is 1.35 bits per heavy atom. The smallest absolute Gasteiger partial charge is 0.0173 e. The lowest BCUT2D eigenvalue weighted by Gasteiger charge is -2.10. The SMILES string of the molecule is C1=CC(/C=C/N2CCCC2)=C1.CCCCNC. The molecule has 1 aliphatic heterocycles. The van der Waals surface area contributed by atoms with E-state index >= 15 is 0 Å². The maximum absolute atomic E-state index is 3.07. The maximum atomic E-state index is 3.07. The minimum atomic E-state index is 1.16. The highest BCUT2D eigenvalue weighted by atomic mass is 15.1. The van der Waals surface area contributed by atoms with E-state index in [1.165, 1.54) is 44.3 Å². The Morgan fingerprint density at radius 2 is 2.06 bits per heavy atom. The first-order valence-electron chi connectivity index (χ1n) is 6.82. The summed E-state index contributed by atoms with van der Waals surface area (Å²) in [6.45, 7) is 5.84. The molecule has 1 aliphatic carbocycles. The Labute approximate surface area is 106 Å². The average Bonchev–Trinajstić information content (AvgIpc) is 2.78. The third kappa shape index (κ3) is 6.32. The van der Waals surface area contributed by atoms with Crippen LogP contribution in [-0.2, 0) is 0 Å². The second kappa shape index (κ2) is 9.06. The van der Waals surface area contributed by atoms with Gasteiger partial charge in [0.15, 0.2) is 0 Å². The maximum Gasteiger partial charge on any atom is 0.0173 e. The summed E-state index contributed by atoms with van der Waals surface area (Å²) in [7, 11) is 1.98. The van der Waals surface area contributed by atoms with E-state index in [1.807, 2.05) is 7.05 Å². The van der Waals surface area contributed by atoms with E-state index in [2.05, 4.69) is 47.6 Å². The molecule has 2 rings (SSSR count). The highest BCUT2D eigenvalue weighted by Crippen LogP contribution is 2.12. The molecule has 0 aromatic rings. The van der Waals surface area contributed by atoms with E-state index in [0.717, 1.165) is 6.54 Å². The van der Waals surface area contributed by atoms with Gasteiger partial charge in [0.2, 0.25) is 0 Å². The molecule has 0 atom stereocenters. The molecule has 1 N–H and O–H groups in total. The number of allylic oxidation sites excluding steroid dienone is 5. The topological polar surface area (TPSA) is 15.3 Å². The fraction of sp³-hybridized carbons (Fsp3) is 0.600. The molecular formula is C15H26N2. The van der Waals surface area contributed by atoms with Crippen molar-refractivity contribution in [2.75, 3.05) is 26.7 Å². The van der Waals surface area contributed by atoms with E-state index in [1.54, 1.807) is 0 Å². The third-order valence-corrected chi connectivity index (χ3v) is 2.98. The highest BCUT2D eigenvalue weighted by Gasteiger charge is 2.06. The van der Waals surface area contributed by atoms with Crippen molar-refractivity contribution in [3.8, 4) is 0 Å². The van der Waals surface area contributed by atoms with Gasteiger partial charge in [-0.2, -0.15) is 0 Å². The zero-order valence-electron chi connectivity index (χ0n) is 11.3. The zero-order valence-corrected chi connectivity index (χ0v) is 11.3. The molecule has 2 nitrogen and oxygen atoms in total. The number of nitrogens with zero attached hydrogens (tertiary/aromatic N) is 1. The highest BCUT2D eigenvalue weighted by molar-refractivity contribution is 5.42. The van der Waals surface area contributed by atoms with E-state index in [0.29, 0.717) is 0 Å². The van der Waals surface area contributed by atoms with Gasteiger partial charge in [-0.05, 0) is 50.7 Å². The molecule has 1 heterocycles. The number of unbranched alkanes of at least 4 members (excludes halogenated alkanes) is 1. The second-order valence-corrected chi connectivity index (χ2v) is 4.54. The number of likely N-dealkylation sites (tertiary alicyclic amines) is 1. The molecule has 0 bridgehead atoms. The molecule has 0 amide bonds. The monoisotopic (exact) mass is 234 g/mol. The van der Waals surface area contributed by atoms with Crippen LogP contribution in [-0.4, -0.2) is 31.6 Å². The van der Waals surface area contributed by atoms with Gasteiger partial charge >= 0.3 is 0 Å². The summed E-state index contributed by atoms with van der Waals surface area (Å²) in [6.07, 6.45) is 16.0. The van der Waals surface area contributed by atoms with Crippen molar-refractivity contribution in [1.29, 1.82) is 0 Å². The molecule has 17 heavy (non-hydrogen) atoms. The van der Waals surface area contributed by atoms with Crippen LogP contribution in [0.2, 0.25) is 0 Å². The lowest BCUT2D eigenvalue weighted by atomic mass is 10.1. The summed E-state index contributed by atoms with van der Waals surface area (Å²) in [4.78, 5) is 2.38. The Balaban J connectivity index is 0.000000209. The molecule has 1 fully saturated rings. The number of hydrogen-bond acceptors (Lipinski definition) is 2. The van der Waals surface area contributed by atoms with Crippen molar-refractivity contribution in [1.82, 2.24) is 10.2 Å². The molecule has 0 radical (unpaired) electrons. The van der Waals surface area contributed by atoms with Crippen LogP contribution in [0.1, 0.15) is 32.6 Å². The van der Waals surface area contributed by atoms with Crippen LogP contribution in [0.5, 0.6) is 0 Å². The van der Waals surface area contributed by atoms with Gasteiger partial charge in [-0.3, -0.25) is 0 Å². The molecule has 0 aromatic heterocycles. The van der Waals surface area contributed by atoms with Crippen molar-refractivity contribution in [3.63, 3.8) is 0 Å². The molecule has 0 aromatic carbocycles. The quantitative estimate of drug-likeness (QED) is 0.735. The summed E-state index contributed by atoms with van der Waals surface area (Å²) in [5.41, 5.74) is 1.34. The Bertz CT molecular complexity index is 267. The van der Waals surface area contributed by atoms with Crippen molar-refractivity contribution in [2.24, 2.45) is 0 Å². The van der Waals surface area contributed by atoms with Gasteiger partial charge in [-0.15, -0.1) is 0 Å². The average molecular weight is 234 g/mol.